The zero-order valence-corrected chi connectivity index (χ0v) is 14.2. The quantitative estimate of drug-likeness (QED) is 0.837. The van der Waals surface area contributed by atoms with Gasteiger partial charge in [0.15, 0.2) is 0 Å². The molecule has 2 amide bonds. The Labute approximate surface area is 141 Å². The van der Waals surface area contributed by atoms with Crippen LogP contribution in [-0.2, 0) is 9.53 Å². The maximum atomic E-state index is 12.4. The van der Waals surface area contributed by atoms with E-state index in [0.717, 1.165) is 19.4 Å². The minimum atomic E-state index is -0.584. The van der Waals surface area contributed by atoms with Crippen molar-refractivity contribution in [1.82, 2.24) is 10.6 Å². The van der Waals surface area contributed by atoms with Gasteiger partial charge in [0.05, 0.1) is 6.10 Å². The molecule has 1 saturated heterocycles. The zero-order valence-electron chi connectivity index (χ0n) is 13.5. The second-order valence-electron chi connectivity index (χ2n) is 6.08. The van der Waals surface area contributed by atoms with E-state index in [1.54, 1.807) is 24.3 Å². The molecule has 1 heterocycles. The van der Waals surface area contributed by atoms with E-state index in [0.29, 0.717) is 17.1 Å². The fourth-order valence-electron chi connectivity index (χ4n) is 2.49. The highest BCUT2D eigenvalue weighted by molar-refractivity contribution is 6.30. The summed E-state index contributed by atoms with van der Waals surface area (Å²) in [5.74, 6) is -0.485. The van der Waals surface area contributed by atoms with Crippen LogP contribution in [0.4, 0.5) is 0 Å². The van der Waals surface area contributed by atoms with Gasteiger partial charge in [0.1, 0.15) is 6.04 Å². The van der Waals surface area contributed by atoms with Crippen molar-refractivity contribution < 1.29 is 14.3 Å². The Morgan fingerprint density at radius 3 is 2.57 bits per heavy atom. The standard InChI is InChI=1S/C17H23ClN2O3/c1-11(2)15(17(22)19-10-14-4-3-9-23-14)20-16(21)12-5-7-13(18)8-6-12/h5-8,11,14-15H,3-4,9-10H2,1-2H3,(H,19,22)(H,20,21)/t14-,15-/m1/s1. The van der Waals surface area contributed by atoms with Gasteiger partial charge >= 0.3 is 0 Å². The molecular weight excluding hydrogens is 316 g/mol. The number of carbonyl (C=O) groups is 2. The molecule has 0 radical (unpaired) electrons. The number of hydrogen-bond donors (Lipinski definition) is 2. The molecule has 0 unspecified atom stereocenters. The summed E-state index contributed by atoms with van der Waals surface area (Å²) in [5, 5.41) is 6.23. The number of hydrogen-bond acceptors (Lipinski definition) is 3. The van der Waals surface area contributed by atoms with Crippen LogP contribution in [0, 0.1) is 5.92 Å². The van der Waals surface area contributed by atoms with E-state index in [4.69, 9.17) is 16.3 Å². The second-order valence-corrected chi connectivity index (χ2v) is 6.52. The van der Waals surface area contributed by atoms with Gasteiger partial charge in [-0.2, -0.15) is 0 Å². The van der Waals surface area contributed by atoms with Crippen molar-refractivity contribution in [2.75, 3.05) is 13.2 Å². The van der Waals surface area contributed by atoms with E-state index >= 15 is 0 Å². The number of rotatable bonds is 6. The van der Waals surface area contributed by atoms with Gasteiger partial charge in [-0.15, -0.1) is 0 Å². The molecular formula is C17H23ClN2O3. The molecule has 0 aromatic heterocycles. The summed E-state index contributed by atoms with van der Waals surface area (Å²) in [6, 6.07) is 6.00. The smallest absolute Gasteiger partial charge is 0.251 e. The first-order valence-corrected chi connectivity index (χ1v) is 8.31. The molecule has 0 saturated carbocycles. The number of carbonyl (C=O) groups excluding carboxylic acids is 2. The van der Waals surface area contributed by atoms with Crippen LogP contribution in [0.25, 0.3) is 0 Å². The summed E-state index contributed by atoms with van der Waals surface area (Å²) in [4.78, 5) is 24.6. The largest absolute Gasteiger partial charge is 0.376 e. The average Bonchev–Trinajstić information content (AvgIpc) is 3.03. The van der Waals surface area contributed by atoms with Crippen molar-refractivity contribution in [3.63, 3.8) is 0 Å². The molecule has 0 aliphatic carbocycles. The van der Waals surface area contributed by atoms with Crippen LogP contribution < -0.4 is 10.6 Å². The molecule has 2 N–H and O–H groups in total. The summed E-state index contributed by atoms with van der Waals surface area (Å²) in [5.41, 5.74) is 0.479. The summed E-state index contributed by atoms with van der Waals surface area (Å²) in [7, 11) is 0. The van der Waals surface area contributed by atoms with Crippen LogP contribution in [0.2, 0.25) is 5.02 Å². The first-order valence-electron chi connectivity index (χ1n) is 7.93. The van der Waals surface area contributed by atoms with Gasteiger partial charge in [-0.25, -0.2) is 0 Å². The normalized spacial score (nSPS) is 18.7. The molecule has 1 fully saturated rings. The van der Waals surface area contributed by atoms with Gasteiger partial charge in [-0.3, -0.25) is 9.59 Å². The molecule has 126 valence electrons. The molecule has 0 spiro atoms. The van der Waals surface area contributed by atoms with E-state index in [1.807, 2.05) is 13.8 Å². The molecule has 2 atom stereocenters. The Bertz CT molecular complexity index is 539. The molecule has 5 nitrogen and oxygen atoms in total. The van der Waals surface area contributed by atoms with Crippen molar-refractivity contribution in [3.8, 4) is 0 Å². The lowest BCUT2D eigenvalue weighted by Gasteiger charge is -2.22. The Balaban J connectivity index is 1.92. The van der Waals surface area contributed by atoms with Crippen LogP contribution in [0.15, 0.2) is 24.3 Å². The second kappa shape index (κ2) is 8.31. The number of halogens is 1. The van der Waals surface area contributed by atoms with Gasteiger partial charge < -0.3 is 15.4 Å². The van der Waals surface area contributed by atoms with E-state index in [2.05, 4.69) is 10.6 Å². The average molecular weight is 339 g/mol. The first-order chi connectivity index (χ1) is 11.0. The van der Waals surface area contributed by atoms with E-state index < -0.39 is 6.04 Å². The third-order valence-electron chi connectivity index (χ3n) is 3.87. The van der Waals surface area contributed by atoms with E-state index in [-0.39, 0.29) is 23.8 Å². The first kappa shape index (κ1) is 17.8. The van der Waals surface area contributed by atoms with Crippen LogP contribution in [0.1, 0.15) is 37.0 Å². The molecule has 23 heavy (non-hydrogen) atoms. The summed E-state index contributed by atoms with van der Waals surface area (Å²) < 4.78 is 5.49. The lowest BCUT2D eigenvalue weighted by molar-refractivity contribution is -0.124. The van der Waals surface area contributed by atoms with Gasteiger partial charge in [-0.05, 0) is 43.0 Å². The zero-order chi connectivity index (χ0) is 16.8. The van der Waals surface area contributed by atoms with Crippen LogP contribution >= 0.6 is 11.6 Å². The predicted molar refractivity (Wildman–Crippen MR) is 89.5 cm³/mol. The van der Waals surface area contributed by atoms with Gasteiger partial charge in [0.2, 0.25) is 5.91 Å². The third kappa shape index (κ3) is 5.22. The van der Waals surface area contributed by atoms with Crippen LogP contribution in [-0.4, -0.2) is 37.1 Å². The van der Waals surface area contributed by atoms with Gasteiger partial charge in [-0.1, -0.05) is 25.4 Å². The molecule has 1 aliphatic rings. The highest BCUT2D eigenvalue weighted by Crippen LogP contribution is 2.12. The minimum Gasteiger partial charge on any atom is -0.376 e. The topological polar surface area (TPSA) is 67.4 Å². The van der Waals surface area contributed by atoms with Crippen molar-refractivity contribution in [3.05, 3.63) is 34.9 Å². The maximum absolute atomic E-state index is 12.4. The SMILES string of the molecule is CC(C)[C@@H](NC(=O)c1ccc(Cl)cc1)C(=O)NC[C@H]1CCCO1. The van der Waals surface area contributed by atoms with Crippen molar-refractivity contribution in [2.24, 2.45) is 5.92 Å². The monoisotopic (exact) mass is 338 g/mol. The van der Waals surface area contributed by atoms with Gasteiger partial charge in [0.25, 0.3) is 5.91 Å². The van der Waals surface area contributed by atoms with Crippen molar-refractivity contribution in [1.29, 1.82) is 0 Å². The lowest BCUT2D eigenvalue weighted by atomic mass is 10.0. The number of ether oxygens (including phenoxy) is 1. The molecule has 1 aliphatic heterocycles. The van der Waals surface area contributed by atoms with Crippen molar-refractivity contribution in [2.45, 2.75) is 38.8 Å². The number of benzene rings is 1. The Hall–Kier alpha value is -1.59. The minimum absolute atomic E-state index is 0.0178. The Kier molecular flexibility index (Phi) is 6.42. The molecule has 1 aromatic rings. The van der Waals surface area contributed by atoms with Crippen molar-refractivity contribution >= 4 is 23.4 Å². The van der Waals surface area contributed by atoms with E-state index in [1.165, 1.54) is 0 Å². The third-order valence-corrected chi connectivity index (χ3v) is 4.12. The fraction of sp³-hybridized carbons (Fsp3) is 0.529. The Morgan fingerprint density at radius 2 is 2.00 bits per heavy atom. The van der Waals surface area contributed by atoms with E-state index in [9.17, 15) is 9.59 Å². The summed E-state index contributed by atoms with van der Waals surface area (Å²) in [6.45, 7) is 5.04. The number of amides is 2. The predicted octanol–water partition coefficient (Wildman–Crippen LogP) is 2.39. The highest BCUT2D eigenvalue weighted by atomic mass is 35.5. The van der Waals surface area contributed by atoms with Crippen LogP contribution in [0.5, 0.6) is 0 Å². The molecule has 2 rings (SSSR count). The highest BCUT2D eigenvalue weighted by Gasteiger charge is 2.26. The van der Waals surface area contributed by atoms with Gasteiger partial charge in [0, 0.05) is 23.7 Å². The molecule has 0 bridgehead atoms. The lowest BCUT2D eigenvalue weighted by Crippen LogP contribution is -2.50. The number of nitrogens with one attached hydrogen (secondary N) is 2. The molecule has 6 heteroatoms. The summed E-state index contributed by atoms with van der Waals surface area (Å²) in [6.07, 6.45) is 2.07. The van der Waals surface area contributed by atoms with Crippen LogP contribution in [0.3, 0.4) is 0 Å². The Morgan fingerprint density at radius 1 is 1.30 bits per heavy atom. The summed E-state index contributed by atoms with van der Waals surface area (Å²) >= 11 is 5.82. The fourth-order valence-corrected chi connectivity index (χ4v) is 2.62. The maximum Gasteiger partial charge on any atom is 0.251 e. The molecule has 1 aromatic carbocycles.